The van der Waals surface area contributed by atoms with Gasteiger partial charge in [0, 0.05) is 11.6 Å². The van der Waals surface area contributed by atoms with Crippen LogP contribution in [0.4, 0.5) is 0 Å². The van der Waals surface area contributed by atoms with E-state index < -0.39 is 11.8 Å². The van der Waals surface area contributed by atoms with Gasteiger partial charge in [0.05, 0.1) is 0 Å². The molecule has 2 rings (SSSR count). The van der Waals surface area contributed by atoms with Gasteiger partial charge in [0.25, 0.3) is 5.78 Å². The second-order valence-corrected chi connectivity index (χ2v) is 5.15. The topological polar surface area (TPSA) is 55.4 Å². The van der Waals surface area contributed by atoms with Crippen molar-refractivity contribution in [2.45, 2.75) is 63.8 Å². The van der Waals surface area contributed by atoms with Gasteiger partial charge in [-0.3, -0.25) is 4.79 Å². The quantitative estimate of drug-likeness (QED) is 0.616. The number of allylic oxidation sites excluding steroid dienone is 1. The van der Waals surface area contributed by atoms with Crippen LogP contribution in [0.2, 0.25) is 0 Å². The third-order valence-electron chi connectivity index (χ3n) is 3.69. The number of hydrogen-bond donors (Lipinski definition) is 1. The highest BCUT2D eigenvalue weighted by Gasteiger charge is 2.23. The highest BCUT2D eigenvalue weighted by atomic mass is 16.7. The summed E-state index contributed by atoms with van der Waals surface area (Å²) >= 11 is 0. The molecule has 0 heterocycles. The molecule has 0 spiro atoms. The van der Waals surface area contributed by atoms with Crippen molar-refractivity contribution < 1.29 is 14.4 Å². The summed E-state index contributed by atoms with van der Waals surface area (Å²) in [6.45, 7) is 0. The Morgan fingerprint density at radius 1 is 1.11 bits per heavy atom. The fourth-order valence-corrected chi connectivity index (χ4v) is 2.58. The molecule has 1 fully saturated rings. The molecule has 0 atom stereocenters. The van der Waals surface area contributed by atoms with Crippen molar-refractivity contribution in [3.63, 3.8) is 0 Å². The lowest BCUT2D eigenvalue weighted by Gasteiger charge is -2.21. The molecule has 0 bridgehead atoms. The summed E-state index contributed by atoms with van der Waals surface area (Å²) in [5.41, 5.74) is 3.37. The first-order valence-electron chi connectivity index (χ1n) is 6.97. The minimum Gasteiger partial charge on any atom is -0.364 e. The maximum absolute atomic E-state index is 11.8. The Balaban J connectivity index is 1.76. The molecule has 4 nitrogen and oxygen atoms in total. The molecular formula is C14H21NO3. The summed E-state index contributed by atoms with van der Waals surface area (Å²) in [6.07, 6.45) is 11.2. The molecular weight excluding hydrogens is 230 g/mol. The first kappa shape index (κ1) is 13.3. The molecule has 0 saturated heterocycles. The van der Waals surface area contributed by atoms with Gasteiger partial charge >= 0.3 is 5.97 Å². The average Bonchev–Trinajstić information content (AvgIpc) is 2.46. The van der Waals surface area contributed by atoms with Crippen molar-refractivity contribution in [1.29, 1.82) is 0 Å². The number of nitrogens with one attached hydrogen (secondary N) is 1. The van der Waals surface area contributed by atoms with Gasteiger partial charge in [0.2, 0.25) is 0 Å². The van der Waals surface area contributed by atoms with E-state index in [1.54, 1.807) is 0 Å². The molecule has 18 heavy (non-hydrogen) atoms. The van der Waals surface area contributed by atoms with Crippen molar-refractivity contribution in [2.24, 2.45) is 0 Å². The van der Waals surface area contributed by atoms with Gasteiger partial charge < -0.3 is 4.84 Å². The predicted molar refractivity (Wildman–Crippen MR) is 67.7 cm³/mol. The SMILES string of the molecule is O=C(ONC1CCCCC1)C(=O)C1=CCCCC1. The molecule has 0 amide bonds. The minimum atomic E-state index is -0.756. The number of Topliss-reactive ketones (excluding diaryl/α,β-unsaturated/α-hetero) is 1. The van der Waals surface area contributed by atoms with E-state index in [9.17, 15) is 9.59 Å². The van der Waals surface area contributed by atoms with E-state index in [0.717, 1.165) is 44.9 Å². The summed E-state index contributed by atoms with van der Waals surface area (Å²) in [5, 5.41) is 0. The Morgan fingerprint density at radius 3 is 2.56 bits per heavy atom. The highest BCUT2D eigenvalue weighted by Crippen LogP contribution is 2.19. The van der Waals surface area contributed by atoms with E-state index in [2.05, 4.69) is 5.48 Å². The summed E-state index contributed by atoms with van der Waals surface area (Å²) in [5.74, 6) is -1.23. The zero-order valence-electron chi connectivity index (χ0n) is 10.7. The van der Waals surface area contributed by atoms with Crippen molar-refractivity contribution in [3.05, 3.63) is 11.6 Å². The second kappa shape index (κ2) is 6.69. The van der Waals surface area contributed by atoms with Crippen LogP contribution < -0.4 is 5.48 Å². The lowest BCUT2D eigenvalue weighted by molar-refractivity contribution is -0.160. The third-order valence-corrected chi connectivity index (χ3v) is 3.69. The zero-order chi connectivity index (χ0) is 12.8. The normalized spacial score (nSPS) is 21.2. The maximum atomic E-state index is 11.8. The van der Waals surface area contributed by atoms with Crippen LogP contribution in [0.5, 0.6) is 0 Å². The molecule has 0 aliphatic heterocycles. The van der Waals surface area contributed by atoms with Gasteiger partial charge in [-0.2, -0.15) is 0 Å². The molecule has 1 N–H and O–H groups in total. The van der Waals surface area contributed by atoms with Crippen molar-refractivity contribution >= 4 is 11.8 Å². The molecule has 2 aliphatic rings. The summed E-state index contributed by atoms with van der Waals surface area (Å²) in [4.78, 5) is 28.3. The minimum absolute atomic E-state index is 0.218. The number of ketones is 1. The molecule has 0 aromatic rings. The Hall–Kier alpha value is -1.16. The van der Waals surface area contributed by atoms with E-state index >= 15 is 0 Å². The van der Waals surface area contributed by atoms with E-state index in [0.29, 0.717) is 12.0 Å². The molecule has 0 radical (unpaired) electrons. The summed E-state index contributed by atoms with van der Waals surface area (Å²) in [7, 11) is 0. The fraction of sp³-hybridized carbons (Fsp3) is 0.714. The summed E-state index contributed by atoms with van der Waals surface area (Å²) < 4.78 is 0. The van der Waals surface area contributed by atoms with Gasteiger partial charge in [-0.25, -0.2) is 4.79 Å². The molecule has 100 valence electrons. The third kappa shape index (κ3) is 3.67. The molecule has 4 heteroatoms. The zero-order valence-corrected chi connectivity index (χ0v) is 10.7. The number of carbonyl (C=O) groups is 2. The van der Waals surface area contributed by atoms with Crippen molar-refractivity contribution in [1.82, 2.24) is 5.48 Å². The first-order chi connectivity index (χ1) is 8.77. The van der Waals surface area contributed by atoms with Crippen molar-refractivity contribution in [2.75, 3.05) is 0 Å². The molecule has 0 aromatic heterocycles. The maximum Gasteiger partial charge on any atom is 0.397 e. The first-order valence-corrected chi connectivity index (χ1v) is 6.97. The number of hydroxylamine groups is 1. The number of hydrogen-bond acceptors (Lipinski definition) is 4. The van der Waals surface area contributed by atoms with Crippen LogP contribution in [0, 0.1) is 0 Å². The van der Waals surface area contributed by atoms with E-state index in [1.807, 2.05) is 6.08 Å². The largest absolute Gasteiger partial charge is 0.397 e. The summed E-state index contributed by atoms with van der Waals surface area (Å²) in [6, 6.07) is 0.218. The van der Waals surface area contributed by atoms with E-state index in [4.69, 9.17) is 4.84 Å². The smallest absolute Gasteiger partial charge is 0.364 e. The molecule has 0 aromatic carbocycles. The second-order valence-electron chi connectivity index (χ2n) is 5.15. The van der Waals surface area contributed by atoms with Gasteiger partial charge in [0.1, 0.15) is 0 Å². The van der Waals surface area contributed by atoms with E-state index in [-0.39, 0.29) is 6.04 Å². The standard InChI is InChI=1S/C14H21NO3/c16-13(11-7-3-1-4-8-11)14(17)18-15-12-9-5-2-6-10-12/h7,12,15H,1-6,8-10H2. The molecule has 2 aliphatic carbocycles. The van der Waals surface area contributed by atoms with Crippen LogP contribution in [0.15, 0.2) is 11.6 Å². The Bertz CT molecular complexity index is 343. The Kier molecular flexibility index (Phi) is 4.93. The van der Waals surface area contributed by atoms with Crippen LogP contribution in [-0.4, -0.2) is 17.8 Å². The van der Waals surface area contributed by atoms with Crippen LogP contribution >= 0.6 is 0 Å². The van der Waals surface area contributed by atoms with E-state index in [1.165, 1.54) is 6.42 Å². The fourth-order valence-electron chi connectivity index (χ4n) is 2.58. The highest BCUT2D eigenvalue weighted by molar-refractivity contribution is 6.40. The van der Waals surface area contributed by atoms with Crippen molar-refractivity contribution in [3.8, 4) is 0 Å². The number of rotatable bonds is 4. The lowest BCUT2D eigenvalue weighted by atomic mass is 9.96. The molecule has 1 saturated carbocycles. The van der Waals surface area contributed by atoms with Gasteiger partial charge in [-0.15, -0.1) is 5.48 Å². The van der Waals surface area contributed by atoms with Gasteiger partial charge in [0.15, 0.2) is 0 Å². The van der Waals surface area contributed by atoms with Crippen LogP contribution in [-0.2, 0) is 14.4 Å². The predicted octanol–water partition coefficient (Wildman–Crippen LogP) is 2.44. The average molecular weight is 251 g/mol. The Morgan fingerprint density at radius 2 is 1.89 bits per heavy atom. The number of carbonyl (C=O) groups excluding carboxylic acids is 2. The van der Waals surface area contributed by atoms with Crippen LogP contribution in [0.1, 0.15) is 57.8 Å². The van der Waals surface area contributed by atoms with Crippen LogP contribution in [0.3, 0.4) is 0 Å². The monoisotopic (exact) mass is 251 g/mol. The van der Waals surface area contributed by atoms with Gasteiger partial charge in [-0.1, -0.05) is 25.3 Å². The van der Waals surface area contributed by atoms with Gasteiger partial charge in [-0.05, 0) is 38.5 Å². The Labute approximate surface area is 108 Å². The molecule has 0 unspecified atom stereocenters. The van der Waals surface area contributed by atoms with Crippen LogP contribution in [0.25, 0.3) is 0 Å². The lowest BCUT2D eigenvalue weighted by Crippen LogP contribution is -2.35.